The summed E-state index contributed by atoms with van der Waals surface area (Å²) in [6.07, 6.45) is 1.25. The molecule has 0 aromatic carbocycles. The minimum absolute atomic E-state index is 0.0172. The molecule has 0 bridgehead atoms. The Hall–Kier alpha value is -1.14. The SMILES string of the molecule is CCN(CC)CCN(CCC(=O)O)C(=O)C1CCCO1. The summed E-state index contributed by atoms with van der Waals surface area (Å²) >= 11 is 0. The molecule has 1 aliphatic heterocycles. The van der Waals surface area contributed by atoms with Crippen molar-refractivity contribution in [2.24, 2.45) is 0 Å². The summed E-state index contributed by atoms with van der Waals surface area (Å²) in [4.78, 5) is 26.9. The zero-order valence-electron chi connectivity index (χ0n) is 12.5. The standard InChI is InChI=1S/C14H26N2O4/c1-3-15(4-2)9-10-16(8-7-13(17)18)14(19)12-6-5-11-20-12/h12H,3-11H2,1-2H3,(H,17,18). The number of hydrogen-bond donors (Lipinski definition) is 1. The van der Waals surface area contributed by atoms with Crippen LogP contribution in [0.25, 0.3) is 0 Å². The molecular formula is C14H26N2O4. The molecule has 1 amide bonds. The minimum Gasteiger partial charge on any atom is -0.481 e. The Bertz CT molecular complexity index is 312. The van der Waals surface area contributed by atoms with Gasteiger partial charge in [-0.05, 0) is 25.9 Å². The van der Waals surface area contributed by atoms with Crippen molar-refractivity contribution in [1.82, 2.24) is 9.80 Å². The molecule has 6 heteroatoms. The Balaban J connectivity index is 2.53. The maximum Gasteiger partial charge on any atom is 0.305 e. The highest BCUT2D eigenvalue weighted by molar-refractivity contribution is 5.81. The lowest BCUT2D eigenvalue weighted by molar-refractivity contribution is -0.143. The topological polar surface area (TPSA) is 70.1 Å². The van der Waals surface area contributed by atoms with Crippen LogP contribution >= 0.6 is 0 Å². The van der Waals surface area contributed by atoms with Crippen molar-refractivity contribution in [1.29, 1.82) is 0 Å². The zero-order valence-corrected chi connectivity index (χ0v) is 12.5. The summed E-state index contributed by atoms with van der Waals surface area (Å²) < 4.78 is 5.41. The Morgan fingerprint density at radius 1 is 1.20 bits per heavy atom. The van der Waals surface area contributed by atoms with Gasteiger partial charge < -0.3 is 19.6 Å². The highest BCUT2D eigenvalue weighted by Gasteiger charge is 2.28. The van der Waals surface area contributed by atoms with Crippen LogP contribution in [0.2, 0.25) is 0 Å². The molecule has 0 aliphatic carbocycles. The van der Waals surface area contributed by atoms with Crippen molar-refractivity contribution in [3.8, 4) is 0 Å². The number of rotatable bonds is 9. The van der Waals surface area contributed by atoms with Crippen molar-refractivity contribution in [3.63, 3.8) is 0 Å². The second-order valence-corrected chi connectivity index (χ2v) is 5.00. The maximum absolute atomic E-state index is 12.3. The van der Waals surface area contributed by atoms with E-state index in [1.165, 1.54) is 0 Å². The monoisotopic (exact) mass is 286 g/mol. The summed E-state index contributed by atoms with van der Waals surface area (Å²) in [7, 11) is 0. The Morgan fingerprint density at radius 2 is 1.90 bits per heavy atom. The third-order valence-electron chi connectivity index (χ3n) is 3.69. The fraction of sp³-hybridized carbons (Fsp3) is 0.857. The average Bonchev–Trinajstić information content (AvgIpc) is 2.96. The molecule has 1 rings (SSSR count). The van der Waals surface area contributed by atoms with Crippen molar-refractivity contribution in [2.45, 2.75) is 39.2 Å². The molecule has 0 saturated carbocycles. The summed E-state index contributed by atoms with van der Waals surface area (Å²) in [6.45, 7) is 8.22. The van der Waals surface area contributed by atoms with E-state index in [2.05, 4.69) is 18.7 Å². The normalized spacial score (nSPS) is 18.4. The Morgan fingerprint density at radius 3 is 2.40 bits per heavy atom. The predicted molar refractivity (Wildman–Crippen MR) is 75.6 cm³/mol. The molecule has 1 atom stereocenters. The molecule has 20 heavy (non-hydrogen) atoms. The number of carboxylic acids is 1. The highest BCUT2D eigenvalue weighted by Crippen LogP contribution is 2.15. The summed E-state index contributed by atoms with van der Waals surface area (Å²) in [5.41, 5.74) is 0. The molecule has 0 radical (unpaired) electrons. The molecule has 1 fully saturated rings. The van der Waals surface area contributed by atoms with E-state index in [1.54, 1.807) is 4.90 Å². The Labute approximate surface area is 120 Å². The number of likely N-dealkylation sites (N-methyl/N-ethyl adjacent to an activating group) is 1. The summed E-state index contributed by atoms with van der Waals surface area (Å²) in [6, 6.07) is 0. The van der Waals surface area contributed by atoms with Gasteiger partial charge in [-0.2, -0.15) is 0 Å². The predicted octanol–water partition coefficient (Wildman–Crippen LogP) is 0.811. The van der Waals surface area contributed by atoms with E-state index in [-0.39, 0.29) is 25.0 Å². The van der Waals surface area contributed by atoms with Crippen LogP contribution in [-0.4, -0.2) is 72.2 Å². The largest absolute Gasteiger partial charge is 0.481 e. The van der Waals surface area contributed by atoms with Gasteiger partial charge in [-0.15, -0.1) is 0 Å². The van der Waals surface area contributed by atoms with Crippen LogP contribution < -0.4 is 0 Å². The maximum atomic E-state index is 12.3. The van der Waals surface area contributed by atoms with Crippen LogP contribution in [0, 0.1) is 0 Å². The summed E-state index contributed by atoms with van der Waals surface area (Å²) in [5, 5.41) is 8.80. The number of aliphatic carboxylic acids is 1. The van der Waals surface area contributed by atoms with Gasteiger partial charge in [-0.1, -0.05) is 13.8 Å². The molecule has 116 valence electrons. The van der Waals surface area contributed by atoms with Crippen molar-refractivity contribution >= 4 is 11.9 Å². The number of carbonyl (C=O) groups is 2. The van der Waals surface area contributed by atoms with Gasteiger partial charge in [0.15, 0.2) is 0 Å². The van der Waals surface area contributed by atoms with Crippen LogP contribution in [0.5, 0.6) is 0 Å². The third-order valence-corrected chi connectivity index (χ3v) is 3.69. The van der Waals surface area contributed by atoms with Crippen LogP contribution in [0.1, 0.15) is 33.1 Å². The lowest BCUT2D eigenvalue weighted by Gasteiger charge is -2.27. The first kappa shape index (κ1) is 16.9. The fourth-order valence-corrected chi connectivity index (χ4v) is 2.34. The third kappa shape index (κ3) is 5.46. The van der Waals surface area contributed by atoms with Gasteiger partial charge in [0.1, 0.15) is 6.10 Å². The molecule has 0 aromatic heterocycles. The average molecular weight is 286 g/mol. The molecule has 1 saturated heterocycles. The Kier molecular flexibility index (Phi) is 7.54. The lowest BCUT2D eigenvalue weighted by atomic mass is 10.2. The first-order valence-corrected chi connectivity index (χ1v) is 7.43. The van der Waals surface area contributed by atoms with E-state index in [4.69, 9.17) is 9.84 Å². The second kappa shape index (κ2) is 8.92. The fourth-order valence-electron chi connectivity index (χ4n) is 2.34. The molecule has 0 aromatic rings. The number of carbonyl (C=O) groups excluding carboxylic acids is 1. The number of hydrogen-bond acceptors (Lipinski definition) is 4. The van der Waals surface area contributed by atoms with Gasteiger partial charge in [0.25, 0.3) is 5.91 Å². The van der Waals surface area contributed by atoms with Gasteiger partial charge in [-0.25, -0.2) is 0 Å². The van der Waals surface area contributed by atoms with Crippen molar-refractivity contribution < 1.29 is 19.4 Å². The molecule has 6 nitrogen and oxygen atoms in total. The first-order valence-electron chi connectivity index (χ1n) is 7.43. The van der Waals surface area contributed by atoms with Gasteiger partial charge in [-0.3, -0.25) is 9.59 Å². The number of carboxylic acid groups (broad SMARTS) is 1. The smallest absolute Gasteiger partial charge is 0.305 e. The van der Waals surface area contributed by atoms with E-state index in [0.29, 0.717) is 13.2 Å². The quantitative estimate of drug-likeness (QED) is 0.679. The van der Waals surface area contributed by atoms with Crippen molar-refractivity contribution in [3.05, 3.63) is 0 Å². The van der Waals surface area contributed by atoms with E-state index in [0.717, 1.165) is 32.5 Å². The van der Waals surface area contributed by atoms with Crippen molar-refractivity contribution in [2.75, 3.05) is 39.3 Å². The second-order valence-electron chi connectivity index (χ2n) is 5.00. The van der Waals surface area contributed by atoms with E-state index >= 15 is 0 Å². The first-order chi connectivity index (χ1) is 9.58. The van der Waals surface area contributed by atoms with E-state index in [1.807, 2.05) is 0 Å². The van der Waals surface area contributed by atoms with Gasteiger partial charge in [0.05, 0.1) is 6.42 Å². The molecule has 1 aliphatic rings. The number of nitrogens with zero attached hydrogens (tertiary/aromatic N) is 2. The van der Waals surface area contributed by atoms with Crippen LogP contribution in [-0.2, 0) is 14.3 Å². The minimum atomic E-state index is -0.877. The van der Waals surface area contributed by atoms with Gasteiger partial charge in [0, 0.05) is 26.2 Å². The van der Waals surface area contributed by atoms with Crippen LogP contribution in [0.4, 0.5) is 0 Å². The molecule has 1 unspecified atom stereocenters. The van der Waals surface area contributed by atoms with Crippen LogP contribution in [0.3, 0.4) is 0 Å². The lowest BCUT2D eigenvalue weighted by Crippen LogP contribution is -2.44. The zero-order chi connectivity index (χ0) is 15.0. The van der Waals surface area contributed by atoms with Crippen LogP contribution in [0.15, 0.2) is 0 Å². The highest BCUT2D eigenvalue weighted by atomic mass is 16.5. The summed E-state index contributed by atoms with van der Waals surface area (Å²) in [5.74, 6) is -0.936. The molecule has 1 heterocycles. The molecule has 0 spiro atoms. The molecule has 1 N–H and O–H groups in total. The number of amides is 1. The van der Waals surface area contributed by atoms with Gasteiger partial charge in [0.2, 0.25) is 0 Å². The van der Waals surface area contributed by atoms with Gasteiger partial charge >= 0.3 is 5.97 Å². The van der Waals surface area contributed by atoms with E-state index < -0.39 is 5.97 Å². The van der Waals surface area contributed by atoms with E-state index in [9.17, 15) is 9.59 Å². The molecular weight excluding hydrogens is 260 g/mol. The number of ether oxygens (including phenoxy) is 1.